The first-order chi connectivity index (χ1) is 10.0. The normalized spacial score (nSPS) is 14.3. The van der Waals surface area contributed by atoms with E-state index in [1.54, 1.807) is 30.0 Å². The highest BCUT2D eigenvalue weighted by Gasteiger charge is 2.16. The lowest BCUT2D eigenvalue weighted by atomic mass is 10.2. The van der Waals surface area contributed by atoms with Crippen molar-refractivity contribution in [2.45, 2.75) is 29.9 Å². The van der Waals surface area contributed by atoms with Crippen molar-refractivity contribution >= 4 is 21.8 Å². The number of fused-ring (bicyclic) bond motifs is 1. The highest BCUT2D eigenvalue weighted by atomic mass is 32.2. The molecule has 0 amide bonds. The quantitative estimate of drug-likeness (QED) is 0.911. The lowest BCUT2D eigenvalue weighted by Crippen LogP contribution is -2.26. The summed E-state index contributed by atoms with van der Waals surface area (Å²) in [5.41, 5.74) is 1.87. The highest BCUT2D eigenvalue weighted by molar-refractivity contribution is 7.99. The minimum atomic E-state index is -3.44. The Morgan fingerprint density at radius 3 is 3.05 bits per heavy atom. The average Bonchev–Trinajstić information content (AvgIpc) is 2.99. The van der Waals surface area contributed by atoms with E-state index >= 15 is 0 Å². The predicted molar refractivity (Wildman–Crippen MR) is 83.0 cm³/mol. The molecule has 2 aromatic rings. The van der Waals surface area contributed by atoms with Crippen LogP contribution in [-0.4, -0.2) is 30.3 Å². The maximum atomic E-state index is 12.2. The number of hydrogen-bond acceptors (Lipinski definition) is 4. The van der Waals surface area contributed by atoms with Crippen LogP contribution in [0.1, 0.15) is 11.3 Å². The first-order valence-electron chi connectivity index (χ1n) is 6.80. The van der Waals surface area contributed by atoms with Gasteiger partial charge in [0, 0.05) is 31.5 Å². The van der Waals surface area contributed by atoms with Crippen molar-refractivity contribution in [3.8, 4) is 0 Å². The second-order valence-electron chi connectivity index (χ2n) is 5.02. The second-order valence-corrected chi connectivity index (χ2v) is 7.85. The first kappa shape index (κ1) is 14.6. The summed E-state index contributed by atoms with van der Waals surface area (Å²) in [6.45, 7) is 3.22. The number of rotatable bonds is 5. The van der Waals surface area contributed by atoms with Gasteiger partial charge in [0.1, 0.15) is 0 Å². The van der Waals surface area contributed by atoms with Gasteiger partial charge in [-0.15, -0.1) is 0 Å². The van der Waals surface area contributed by atoms with Crippen LogP contribution in [-0.2, 0) is 23.0 Å². The van der Waals surface area contributed by atoms with Crippen molar-refractivity contribution in [3.63, 3.8) is 0 Å². The van der Waals surface area contributed by atoms with Crippen molar-refractivity contribution in [2.75, 3.05) is 12.3 Å². The molecule has 112 valence electrons. The molecule has 1 aliphatic heterocycles. The fourth-order valence-electron chi connectivity index (χ4n) is 2.26. The molecule has 21 heavy (non-hydrogen) atoms. The Bertz CT molecular complexity index is 732. The molecule has 1 aromatic heterocycles. The van der Waals surface area contributed by atoms with Gasteiger partial charge in [0.2, 0.25) is 10.0 Å². The summed E-state index contributed by atoms with van der Waals surface area (Å²) in [6.07, 6.45) is 2.61. The fourth-order valence-corrected chi connectivity index (χ4v) is 4.36. The molecule has 0 saturated heterocycles. The van der Waals surface area contributed by atoms with Crippen LogP contribution < -0.4 is 4.72 Å². The Morgan fingerprint density at radius 1 is 1.43 bits per heavy atom. The molecule has 1 aliphatic rings. The van der Waals surface area contributed by atoms with Crippen LogP contribution in [0.4, 0.5) is 0 Å². The van der Waals surface area contributed by atoms with E-state index in [1.165, 1.54) is 0 Å². The van der Waals surface area contributed by atoms with Crippen molar-refractivity contribution in [1.29, 1.82) is 0 Å². The van der Waals surface area contributed by atoms with E-state index in [2.05, 4.69) is 14.3 Å². The van der Waals surface area contributed by atoms with Gasteiger partial charge in [-0.1, -0.05) is 23.9 Å². The smallest absolute Gasteiger partial charge is 0.240 e. The molecule has 0 fully saturated rings. The maximum Gasteiger partial charge on any atom is 0.240 e. The van der Waals surface area contributed by atoms with E-state index in [4.69, 9.17) is 0 Å². The van der Waals surface area contributed by atoms with E-state index in [0.717, 1.165) is 28.7 Å². The number of benzene rings is 1. The zero-order chi connectivity index (χ0) is 14.9. The van der Waals surface area contributed by atoms with Crippen LogP contribution in [0.5, 0.6) is 0 Å². The topological polar surface area (TPSA) is 64.0 Å². The molecular formula is C14H17N3O2S2. The van der Waals surface area contributed by atoms with Crippen LogP contribution in [0.3, 0.4) is 0 Å². The van der Waals surface area contributed by atoms with E-state index in [0.29, 0.717) is 17.9 Å². The molecule has 7 heteroatoms. The van der Waals surface area contributed by atoms with Gasteiger partial charge in [0.15, 0.2) is 5.16 Å². The molecular weight excluding hydrogens is 306 g/mol. The van der Waals surface area contributed by atoms with Gasteiger partial charge in [-0.25, -0.2) is 18.1 Å². The number of nitrogens with one attached hydrogen (secondary N) is 1. The molecule has 1 N–H and O–H groups in total. The van der Waals surface area contributed by atoms with Crippen molar-refractivity contribution in [1.82, 2.24) is 14.3 Å². The van der Waals surface area contributed by atoms with Crippen LogP contribution in [0.25, 0.3) is 0 Å². The minimum absolute atomic E-state index is 0.311. The first-order valence-corrected chi connectivity index (χ1v) is 9.27. The van der Waals surface area contributed by atoms with Gasteiger partial charge in [0.05, 0.1) is 10.6 Å². The molecule has 0 atom stereocenters. The van der Waals surface area contributed by atoms with E-state index < -0.39 is 10.0 Å². The Labute approximate surface area is 128 Å². The lowest BCUT2D eigenvalue weighted by Gasteiger charge is -2.06. The minimum Gasteiger partial charge on any atom is -0.325 e. The Kier molecular flexibility index (Phi) is 4.05. The van der Waals surface area contributed by atoms with Crippen molar-refractivity contribution in [3.05, 3.63) is 41.7 Å². The van der Waals surface area contributed by atoms with Gasteiger partial charge in [-0.2, -0.15) is 0 Å². The lowest BCUT2D eigenvalue weighted by molar-refractivity contribution is 0.581. The van der Waals surface area contributed by atoms with Crippen LogP contribution in [0, 0.1) is 6.92 Å². The molecule has 0 saturated carbocycles. The van der Waals surface area contributed by atoms with Gasteiger partial charge < -0.3 is 4.57 Å². The summed E-state index contributed by atoms with van der Waals surface area (Å²) in [4.78, 5) is 4.80. The number of nitrogens with zero attached hydrogens (tertiary/aromatic N) is 2. The van der Waals surface area contributed by atoms with Crippen molar-refractivity contribution < 1.29 is 8.42 Å². The second kappa shape index (κ2) is 5.82. The molecule has 2 heterocycles. The Balaban J connectivity index is 1.61. The Hall–Kier alpha value is -1.31. The average molecular weight is 323 g/mol. The molecule has 5 nitrogen and oxygen atoms in total. The van der Waals surface area contributed by atoms with Crippen molar-refractivity contribution in [2.24, 2.45) is 0 Å². The third-order valence-corrected chi connectivity index (χ3v) is 5.76. The molecule has 0 radical (unpaired) electrons. The van der Waals surface area contributed by atoms with Crippen LogP contribution in [0.2, 0.25) is 0 Å². The summed E-state index contributed by atoms with van der Waals surface area (Å²) >= 11 is 1.74. The Morgan fingerprint density at radius 2 is 2.29 bits per heavy atom. The van der Waals surface area contributed by atoms with Gasteiger partial charge in [-0.3, -0.25) is 0 Å². The van der Waals surface area contributed by atoms with E-state index in [1.807, 2.05) is 19.2 Å². The van der Waals surface area contributed by atoms with Gasteiger partial charge >= 0.3 is 0 Å². The monoisotopic (exact) mass is 323 g/mol. The number of thioether (sulfide) groups is 1. The summed E-state index contributed by atoms with van der Waals surface area (Å²) in [5, 5.41) is 1.03. The van der Waals surface area contributed by atoms with Crippen LogP contribution >= 0.6 is 11.8 Å². The summed E-state index contributed by atoms with van der Waals surface area (Å²) in [7, 11) is -3.44. The molecule has 0 spiro atoms. The molecule has 0 unspecified atom stereocenters. The number of imidazole rings is 1. The molecule has 0 aliphatic carbocycles. The summed E-state index contributed by atoms with van der Waals surface area (Å²) < 4.78 is 29.1. The number of aryl methyl sites for hydroxylation is 2. The summed E-state index contributed by atoms with van der Waals surface area (Å²) in [6, 6.07) is 6.91. The van der Waals surface area contributed by atoms with E-state index in [9.17, 15) is 8.42 Å². The summed E-state index contributed by atoms with van der Waals surface area (Å²) in [5.74, 6) is 1.07. The number of hydrogen-bond donors (Lipinski definition) is 1. The largest absolute Gasteiger partial charge is 0.325 e. The third kappa shape index (κ3) is 3.30. The molecule has 0 bridgehead atoms. The highest BCUT2D eigenvalue weighted by Crippen LogP contribution is 2.24. The zero-order valence-corrected chi connectivity index (χ0v) is 13.4. The van der Waals surface area contributed by atoms with Gasteiger partial charge in [0.25, 0.3) is 0 Å². The molecule has 1 aromatic carbocycles. The van der Waals surface area contributed by atoms with E-state index in [-0.39, 0.29) is 0 Å². The molecule has 3 rings (SSSR count). The number of sulfonamides is 1. The SMILES string of the molecule is Cc1cccc(S(=O)(=O)NCCc2cn3c(n2)SCC3)c1. The zero-order valence-electron chi connectivity index (χ0n) is 11.7. The van der Waals surface area contributed by atoms with Gasteiger partial charge in [-0.05, 0) is 24.6 Å². The van der Waals surface area contributed by atoms with Crippen LogP contribution in [0.15, 0.2) is 40.5 Å². The fraction of sp³-hybridized carbons (Fsp3) is 0.357. The number of aromatic nitrogens is 2. The maximum absolute atomic E-state index is 12.2. The predicted octanol–water partition coefficient (Wildman–Crippen LogP) is 1.82. The standard InChI is InChI=1S/C14H17N3O2S2/c1-11-3-2-4-13(9-11)21(18,19)15-6-5-12-10-17-7-8-20-14(17)16-12/h2-4,9-10,15H,5-8H2,1H3. The third-order valence-electron chi connectivity index (χ3n) is 3.33.